The third-order valence-corrected chi connectivity index (χ3v) is 6.33. The number of aryl methyl sites for hydroxylation is 1. The van der Waals surface area contributed by atoms with Crippen LogP contribution in [0.2, 0.25) is 0 Å². The Bertz CT molecular complexity index is 1080. The van der Waals surface area contributed by atoms with Crippen molar-refractivity contribution in [1.82, 2.24) is 18.8 Å². The molecule has 2 aromatic heterocycles. The quantitative estimate of drug-likeness (QED) is 0.601. The third kappa shape index (κ3) is 5.20. The molecule has 9 nitrogen and oxygen atoms in total. The molecule has 0 saturated carbocycles. The molecule has 4 rings (SSSR count). The zero-order valence-corrected chi connectivity index (χ0v) is 18.3. The van der Waals surface area contributed by atoms with Crippen molar-refractivity contribution in [2.24, 2.45) is 0 Å². The van der Waals surface area contributed by atoms with Crippen LogP contribution in [0, 0.1) is 0 Å². The molecule has 0 atom stereocenters. The summed E-state index contributed by atoms with van der Waals surface area (Å²) >= 11 is 1.46. The van der Waals surface area contributed by atoms with Crippen LogP contribution >= 0.6 is 11.5 Å². The lowest BCUT2D eigenvalue weighted by Gasteiger charge is -2.34. The van der Waals surface area contributed by atoms with E-state index in [4.69, 9.17) is 4.74 Å². The van der Waals surface area contributed by atoms with Crippen LogP contribution in [0.5, 0.6) is 0 Å². The van der Waals surface area contributed by atoms with E-state index < -0.39 is 6.09 Å². The van der Waals surface area contributed by atoms with E-state index in [9.17, 15) is 9.59 Å². The summed E-state index contributed by atoms with van der Waals surface area (Å²) in [5, 5.41) is 3.27. The molecule has 3 aromatic rings. The van der Waals surface area contributed by atoms with Crippen LogP contribution in [0.25, 0.3) is 10.1 Å². The lowest BCUT2D eigenvalue weighted by molar-refractivity contribution is 0.168. The molecular weight excluding hydrogens is 416 g/mol. The van der Waals surface area contributed by atoms with Gasteiger partial charge >= 0.3 is 6.09 Å². The molecule has 3 heterocycles. The number of carbonyl (C=O) groups excluding carboxylic acids is 1. The number of fused-ring (bicyclic) bond motifs is 1. The summed E-state index contributed by atoms with van der Waals surface area (Å²) < 4.78 is 7.60. The zero-order chi connectivity index (χ0) is 21.6. The fourth-order valence-electron chi connectivity index (χ4n) is 3.65. The molecule has 0 spiro atoms. The van der Waals surface area contributed by atoms with E-state index in [1.54, 1.807) is 35.4 Å². The molecule has 1 fully saturated rings. The largest absolute Gasteiger partial charge is 0.450 e. The number of rotatable bonds is 7. The predicted molar refractivity (Wildman–Crippen MR) is 122 cm³/mol. The van der Waals surface area contributed by atoms with Crippen molar-refractivity contribution in [2.75, 3.05) is 49.5 Å². The van der Waals surface area contributed by atoms with Gasteiger partial charge in [0.2, 0.25) is 5.95 Å². The summed E-state index contributed by atoms with van der Waals surface area (Å²) in [5.41, 5.74) is 0.548. The lowest BCUT2D eigenvalue weighted by atomic mass is 10.2. The highest BCUT2D eigenvalue weighted by Gasteiger charge is 2.18. The maximum Gasteiger partial charge on any atom is 0.411 e. The fraction of sp³-hybridized carbons (Fsp3) is 0.429. The number of nitrogens with zero attached hydrogens (tertiary/aromatic N) is 5. The van der Waals surface area contributed by atoms with Gasteiger partial charge in [-0.1, -0.05) is 11.5 Å². The van der Waals surface area contributed by atoms with Crippen molar-refractivity contribution < 1.29 is 9.53 Å². The summed E-state index contributed by atoms with van der Waals surface area (Å²) in [6.07, 6.45) is 3.93. The monoisotopic (exact) mass is 442 g/mol. The first-order valence-electron chi connectivity index (χ1n) is 10.5. The Kier molecular flexibility index (Phi) is 6.78. The molecule has 1 aliphatic rings. The SMILES string of the molecule is CCOC(=O)Nc1ccc2sn(CCCN3CCN(c4ncccn4)CC3)c(=O)c2c1. The number of hydrogen-bond acceptors (Lipinski definition) is 8. The first kappa shape index (κ1) is 21.3. The van der Waals surface area contributed by atoms with E-state index in [0.717, 1.165) is 49.8 Å². The van der Waals surface area contributed by atoms with Gasteiger partial charge in [-0.25, -0.2) is 14.8 Å². The number of ether oxygens (including phenoxy) is 1. The molecule has 10 heteroatoms. The van der Waals surface area contributed by atoms with Gasteiger partial charge in [-0.3, -0.25) is 19.0 Å². The van der Waals surface area contributed by atoms with Crippen LogP contribution in [0.4, 0.5) is 16.4 Å². The Morgan fingerprint density at radius 3 is 2.68 bits per heavy atom. The number of benzene rings is 1. The van der Waals surface area contributed by atoms with Gasteiger partial charge in [0.15, 0.2) is 0 Å². The smallest absolute Gasteiger partial charge is 0.411 e. The van der Waals surface area contributed by atoms with Crippen LogP contribution in [-0.4, -0.2) is 64.2 Å². The predicted octanol–water partition coefficient (Wildman–Crippen LogP) is 2.63. The van der Waals surface area contributed by atoms with Crippen LogP contribution in [-0.2, 0) is 11.3 Å². The van der Waals surface area contributed by atoms with Gasteiger partial charge in [0.1, 0.15) is 0 Å². The van der Waals surface area contributed by atoms with E-state index in [1.807, 2.05) is 12.1 Å². The molecule has 164 valence electrons. The van der Waals surface area contributed by atoms with Crippen molar-refractivity contribution in [3.63, 3.8) is 0 Å². The van der Waals surface area contributed by atoms with Gasteiger partial charge in [0, 0.05) is 57.3 Å². The number of hydrogen-bond donors (Lipinski definition) is 1. The number of piperazine rings is 1. The number of carbonyl (C=O) groups is 1. The van der Waals surface area contributed by atoms with Crippen LogP contribution in [0.1, 0.15) is 13.3 Å². The minimum absolute atomic E-state index is 0.0152. The second-order valence-electron chi connectivity index (χ2n) is 7.29. The fourth-order valence-corrected chi connectivity index (χ4v) is 4.66. The van der Waals surface area contributed by atoms with Crippen molar-refractivity contribution in [3.05, 3.63) is 47.0 Å². The number of anilines is 2. The van der Waals surface area contributed by atoms with E-state index in [-0.39, 0.29) is 5.56 Å². The van der Waals surface area contributed by atoms with Gasteiger partial charge in [-0.2, -0.15) is 0 Å². The standard InChI is InChI=1S/C21H26N6O3S/c1-2-30-21(29)24-16-5-6-18-17(15-16)19(28)27(31-18)10-4-9-25-11-13-26(14-12-25)20-22-7-3-8-23-20/h3,5-8,15H,2,4,9-14H2,1H3,(H,24,29). The van der Waals surface area contributed by atoms with E-state index >= 15 is 0 Å². The maximum atomic E-state index is 12.8. The normalized spacial score (nSPS) is 14.7. The molecule has 0 aliphatic carbocycles. The highest BCUT2D eigenvalue weighted by Crippen LogP contribution is 2.21. The Morgan fingerprint density at radius 1 is 1.16 bits per heavy atom. The first-order valence-corrected chi connectivity index (χ1v) is 11.2. The average molecular weight is 443 g/mol. The molecule has 1 saturated heterocycles. The van der Waals surface area contributed by atoms with Gasteiger partial charge < -0.3 is 9.64 Å². The molecule has 1 amide bonds. The summed E-state index contributed by atoms with van der Waals surface area (Å²) in [4.78, 5) is 37.6. The number of amides is 1. The molecule has 31 heavy (non-hydrogen) atoms. The second-order valence-corrected chi connectivity index (χ2v) is 8.35. The number of nitrogens with one attached hydrogen (secondary N) is 1. The Morgan fingerprint density at radius 2 is 1.94 bits per heavy atom. The second kappa shape index (κ2) is 9.88. The van der Waals surface area contributed by atoms with Crippen molar-refractivity contribution in [3.8, 4) is 0 Å². The molecule has 1 aliphatic heterocycles. The van der Waals surface area contributed by atoms with Gasteiger partial charge in [0.25, 0.3) is 5.56 Å². The van der Waals surface area contributed by atoms with Gasteiger partial charge in [-0.05, 0) is 37.6 Å². The molecule has 1 N–H and O–H groups in total. The topological polar surface area (TPSA) is 92.6 Å². The van der Waals surface area contributed by atoms with E-state index in [2.05, 4.69) is 25.1 Å². The Labute approximate surface area is 184 Å². The van der Waals surface area contributed by atoms with Crippen LogP contribution in [0.3, 0.4) is 0 Å². The van der Waals surface area contributed by atoms with E-state index in [0.29, 0.717) is 24.2 Å². The van der Waals surface area contributed by atoms with Crippen LogP contribution < -0.4 is 15.8 Å². The van der Waals surface area contributed by atoms with E-state index in [1.165, 1.54) is 11.5 Å². The first-order chi connectivity index (χ1) is 15.1. The maximum absolute atomic E-state index is 12.8. The van der Waals surface area contributed by atoms with Crippen molar-refractivity contribution >= 4 is 39.3 Å². The van der Waals surface area contributed by atoms with Crippen LogP contribution in [0.15, 0.2) is 41.5 Å². The molecular formula is C21H26N6O3S. The molecule has 0 unspecified atom stereocenters. The van der Waals surface area contributed by atoms with Gasteiger partial charge in [-0.15, -0.1) is 0 Å². The van der Waals surface area contributed by atoms with Crippen molar-refractivity contribution in [1.29, 1.82) is 0 Å². The third-order valence-electron chi connectivity index (χ3n) is 5.21. The molecule has 1 aromatic carbocycles. The Balaban J connectivity index is 1.30. The highest BCUT2D eigenvalue weighted by atomic mass is 32.1. The lowest BCUT2D eigenvalue weighted by Crippen LogP contribution is -2.47. The summed E-state index contributed by atoms with van der Waals surface area (Å²) in [5.74, 6) is 0.788. The average Bonchev–Trinajstić information content (AvgIpc) is 3.10. The molecule has 0 bridgehead atoms. The number of aromatic nitrogens is 3. The minimum atomic E-state index is -0.517. The minimum Gasteiger partial charge on any atom is -0.450 e. The van der Waals surface area contributed by atoms with Crippen molar-refractivity contribution in [2.45, 2.75) is 19.9 Å². The van der Waals surface area contributed by atoms with Gasteiger partial charge in [0.05, 0.1) is 16.7 Å². The summed E-state index contributed by atoms with van der Waals surface area (Å²) in [6, 6.07) is 7.19. The Hall–Kier alpha value is -2.98. The highest BCUT2D eigenvalue weighted by molar-refractivity contribution is 7.13. The molecule has 0 radical (unpaired) electrons. The zero-order valence-electron chi connectivity index (χ0n) is 17.5. The summed E-state index contributed by atoms with van der Waals surface area (Å²) in [7, 11) is 0. The summed E-state index contributed by atoms with van der Waals surface area (Å²) in [6.45, 7) is 7.41.